The molecule has 0 saturated heterocycles. The van der Waals surface area contributed by atoms with Crippen LogP contribution in [0.3, 0.4) is 0 Å². The summed E-state index contributed by atoms with van der Waals surface area (Å²) in [6.07, 6.45) is 3.25. The molecule has 1 aromatic carbocycles. The minimum absolute atomic E-state index is 0.226. The number of pyridine rings is 2. The second-order valence-electron chi connectivity index (χ2n) is 5.75. The molecule has 3 aromatic rings. The fourth-order valence-corrected chi connectivity index (χ4v) is 3.29. The van der Waals surface area contributed by atoms with Gasteiger partial charge in [-0.2, -0.15) is 0 Å². The lowest BCUT2D eigenvalue weighted by molar-refractivity contribution is 0.102. The normalized spacial score (nSPS) is 10.4. The highest BCUT2D eigenvalue weighted by Gasteiger charge is 2.14. The van der Waals surface area contributed by atoms with E-state index in [9.17, 15) is 4.79 Å². The molecule has 5 nitrogen and oxygen atoms in total. The summed E-state index contributed by atoms with van der Waals surface area (Å²) in [5, 5.41) is 3.51. The number of aryl methyl sites for hydroxylation is 2. The number of carbonyl (C=O) groups is 1. The van der Waals surface area contributed by atoms with Crippen LogP contribution in [0.4, 0.5) is 5.69 Å². The summed E-state index contributed by atoms with van der Waals surface area (Å²) in [6, 6.07) is 13.2. The zero-order valence-corrected chi connectivity index (χ0v) is 15.6. The molecule has 1 N–H and O–H groups in total. The molecule has 26 heavy (non-hydrogen) atoms. The molecule has 132 valence electrons. The third-order valence-electron chi connectivity index (χ3n) is 3.91. The summed E-state index contributed by atoms with van der Waals surface area (Å²) >= 11 is 1.47. The lowest BCUT2D eigenvalue weighted by Gasteiger charge is -2.10. The van der Waals surface area contributed by atoms with Gasteiger partial charge in [0.15, 0.2) is 0 Å². The largest absolute Gasteiger partial charge is 0.481 e. The standard InChI is InChI=1S/C20H19N3O2S/c1-13-6-8-16(11-14(13)2)26-20-17(5-4-10-21-20)19(24)23-15-7-9-18(25-3)22-12-15/h4-12H,1-3H3,(H,23,24). The number of hydrogen-bond acceptors (Lipinski definition) is 5. The topological polar surface area (TPSA) is 64.1 Å². The first-order valence-corrected chi connectivity index (χ1v) is 8.90. The molecule has 0 aliphatic rings. The van der Waals surface area contributed by atoms with Gasteiger partial charge in [0.2, 0.25) is 5.88 Å². The number of carbonyl (C=O) groups excluding carboxylic acids is 1. The van der Waals surface area contributed by atoms with Crippen LogP contribution in [0, 0.1) is 13.8 Å². The number of amides is 1. The number of anilines is 1. The van der Waals surface area contributed by atoms with Gasteiger partial charge >= 0.3 is 0 Å². The molecule has 1 amide bonds. The Labute approximate surface area is 156 Å². The first-order chi connectivity index (χ1) is 12.6. The van der Waals surface area contributed by atoms with Gasteiger partial charge in [0, 0.05) is 17.2 Å². The molecular weight excluding hydrogens is 346 g/mol. The Balaban J connectivity index is 1.81. The van der Waals surface area contributed by atoms with E-state index in [1.54, 1.807) is 43.8 Å². The predicted octanol–water partition coefficient (Wildman–Crippen LogP) is 4.51. The Morgan fingerprint density at radius 3 is 2.62 bits per heavy atom. The molecule has 6 heteroatoms. The minimum atomic E-state index is -0.226. The Morgan fingerprint density at radius 2 is 1.92 bits per heavy atom. The highest BCUT2D eigenvalue weighted by molar-refractivity contribution is 7.99. The molecule has 2 aromatic heterocycles. The quantitative estimate of drug-likeness (QED) is 0.721. The lowest BCUT2D eigenvalue weighted by Crippen LogP contribution is -2.13. The first-order valence-electron chi connectivity index (χ1n) is 8.08. The van der Waals surface area contributed by atoms with E-state index in [0.717, 1.165) is 4.90 Å². The van der Waals surface area contributed by atoms with Crippen LogP contribution < -0.4 is 10.1 Å². The zero-order chi connectivity index (χ0) is 18.5. The van der Waals surface area contributed by atoms with Crippen LogP contribution >= 0.6 is 11.8 Å². The first kappa shape index (κ1) is 17.9. The Morgan fingerprint density at radius 1 is 1.08 bits per heavy atom. The molecule has 0 aliphatic heterocycles. The molecule has 2 heterocycles. The maximum absolute atomic E-state index is 12.7. The van der Waals surface area contributed by atoms with Crippen molar-refractivity contribution in [2.24, 2.45) is 0 Å². The number of benzene rings is 1. The predicted molar refractivity (Wildman–Crippen MR) is 103 cm³/mol. The second-order valence-corrected chi connectivity index (χ2v) is 6.81. The molecule has 0 fully saturated rings. The minimum Gasteiger partial charge on any atom is -0.481 e. The average Bonchev–Trinajstić information content (AvgIpc) is 2.66. The van der Waals surface area contributed by atoms with Crippen LogP contribution in [-0.2, 0) is 0 Å². The number of methoxy groups -OCH3 is 1. The summed E-state index contributed by atoms with van der Waals surface area (Å²) in [7, 11) is 1.55. The molecule has 0 saturated carbocycles. The molecule has 0 atom stereocenters. The van der Waals surface area contributed by atoms with Gasteiger partial charge < -0.3 is 10.1 Å². The number of hydrogen-bond donors (Lipinski definition) is 1. The number of rotatable bonds is 5. The van der Waals surface area contributed by atoms with Crippen molar-refractivity contribution in [1.82, 2.24) is 9.97 Å². The smallest absolute Gasteiger partial charge is 0.258 e. The van der Waals surface area contributed by atoms with Crippen molar-refractivity contribution in [3.63, 3.8) is 0 Å². The van der Waals surface area contributed by atoms with Crippen LogP contribution in [0.5, 0.6) is 5.88 Å². The zero-order valence-electron chi connectivity index (χ0n) is 14.8. The van der Waals surface area contributed by atoms with Crippen LogP contribution in [-0.4, -0.2) is 23.0 Å². The third-order valence-corrected chi connectivity index (χ3v) is 4.92. The number of aromatic nitrogens is 2. The average molecular weight is 365 g/mol. The van der Waals surface area contributed by atoms with Crippen LogP contribution in [0.25, 0.3) is 0 Å². The van der Waals surface area contributed by atoms with E-state index in [2.05, 4.69) is 41.3 Å². The fraction of sp³-hybridized carbons (Fsp3) is 0.150. The summed E-state index contributed by atoms with van der Waals surface area (Å²) in [4.78, 5) is 22.2. The number of nitrogens with one attached hydrogen (secondary N) is 1. The lowest BCUT2D eigenvalue weighted by atomic mass is 10.1. The maximum atomic E-state index is 12.7. The van der Waals surface area contributed by atoms with Crippen LogP contribution in [0.1, 0.15) is 21.5 Å². The van der Waals surface area contributed by atoms with Crippen LogP contribution in [0.2, 0.25) is 0 Å². The fourth-order valence-electron chi connectivity index (χ4n) is 2.31. The highest BCUT2D eigenvalue weighted by Crippen LogP contribution is 2.30. The van der Waals surface area contributed by atoms with Crippen molar-refractivity contribution in [1.29, 1.82) is 0 Å². The van der Waals surface area contributed by atoms with Gasteiger partial charge in [-0.3, -0.25) is 4.79 Å². The molecule has 0 aliphatic carbocycles. The van der Waals surface area contributed by atoms with Gasteiger partial charge in [0.1, 0.15) is 5.03 Å². The van der Waals surface area contributed by atoms with Crippen molar-refractivity contribution in [2.75, 3.05) is 12.4 Å². The Kier molecular flexibility index (Phi) is 5.53. The summed E-state index contributed by atoms with van der Waals surface area (Å²) in [5.74, 6) is 0.270. The van der Waals surface area contributed by atoms with E-state index in [-0.39, 0.29) is 5.91 Å². The summed E-state index contributed by atoms with van der Waals surface area (Å²) in [5.41, 5.74) is 3.56. The van der Waals surface area contributed by atoms with E-state index < -0.39 is 0 Å². The van der Waals surface area contributed by atoms with Crippen molar-refractivity contribution in [2.45, 2.75) is 23.8 Å². The summed E-state index contributed by atoms with van der Waals surface area (Å²) in [6.45, 7) is 4.15. The maximum Gasteiger partial charge on any atom is 0.258 e. The number of ether oxygens (including phenoxy) is 1. The van der Waals surface area contributed by atoms with E-state index >= 15 is 0 Å². The SMILES string of the molecule is COc1ccc(NC(=O)c2cccnc2Sc2ccc(C)c(C)c2)cn1. The number of nitrogens with zero attached hydrogens (tertiary/aromatic N) is 2. The van der Waals surface area contributed by atoms with Gasteiger partial charge in [-0.05, 0) is 55.3 Å². The van der Waals surface area contributed by atoms with Gasteiger partial charge in [-0.25, -0.2) is 9.97 Å². The second kappa shape index (κ2) is 8.01. The molecule has 0 radical (unpaired) electrons. The molecule has 0 bridgehead atoms. The molecule has 3 rings (SSSR count). The monoisotopic (exact) mass is 365 g/mol. The molecule has 0 spiro atoms. The highest BCUT2D eigenvalue weighted by atomic mass is 32.2. The third kappa shape index (κ3) is 4.21. The van der Waals surface area contributed by atoms with Crippen molar-refractivity contribution >= 4 is 23.4 Å². The van der Waals surface area contributed by atoms with Crippen molar-refractivity contribution < 1.29 is 9.53 Å². The van der Waals surface area contributed by atoms with Gasteiger partial charge in [-0.1, -0.05) is 17.8 Å². The van der Waals surface area contributed by atoms with Gasteiger partial charge in [0.25, 0.3) is 5.91 Å². The van der Waals surface area contributed by atoms with Gasteiger partial charge in [-0.15, -0.1) is 0 Å². The van der Waals surface area contributed by atoms with Gasteiger partial charge in [0.05, 0.1) is 24.6 Å². The van der Waals surface area contributed by atoms with E-state index in [4.69, 9.17) is 4.74 Å². The van der Waals surface area contributed by atoms with Crippen LogP contribution in [0.15, 0.2) is 64.8 Å². The Hall–Kier alpha value is -2.86. The van der Waals surface area contributed by atoms with E-state index in [1.807, 2.05) is 6.07 Å². The van der Waals surface area contributed by atoms with Crippen molar-refractivity contribution in [3.8, 4) is 5.88 Å². The van der Waals surface area contributed by atoms with E-state index in [1.165, 1.54) is 22.9 Å². The molecule has 0 unspecified atom stereocenters. The van der Waals surface area contributed by atoms with Crippen molar-refractivity contribution in [3.05, 3.63) is 71.5 Å². The Bertz CT molecular complexity index is 927. The van der Waals surface area contributed by atoms with E-state index in [0.29, 0.717) is 22.2 Å². The summed E-state index contributed by atoms with van der Waals surface area (Å²) < 4.78 is 5.03. The molecular formula is C20H19N3O2S.